The summed E-state index contributed by atoms with van der Waals surface area (Å²) >= 11 is 3.36. The summed E-state index contributed by atoms with van der Waals surface area (Å²) in [6.45, 7) is 7.67. The third-order valence-electron chi connectivity index (χ3n) is 3.86. The molecule has 0 unspecified atom stereocenters. The molecule has 5 heteroatoms. The van der Waals surface area contributed by atoms with E-state index in [0.717, 1.165) is 4.47 Å². The van der Waals surface area contributed by atoms with Crippen molar-refractivity contribution in [1.82, 2.24) is 0 Å². The monoisotopic (exact) mass is 353 g/mol. The van der Waals surface area contributed by atoms with Crippen LogP contribution in [0.5, 0.6) is 0 Å². The lowest BCUT2D eigenvalue weighted by molar-refractivity contribution is -0.144. The SMILES string of the molecule is CCN1C(=O)[C@](O)(CC(=O)C(C)(C)C)c2cc(Br)ccc21. The summed E-state index contributed by atoms with van der Waals surface area (Å²) in [6.07, 6.45) is -0.199. The topological polar surface area (TPSA) is 57.6 Å². The second kappa shape index (κ2) is 5.21. The molecule has 0 bridgehead atoms. The number of fused-ring (bicyclic) bond motifs is 1. The number of hydrogen-bond donors (Lipinski definition) is 1. The van der Waals surface area contributed by atoms with E-state index in [4.69, 9.17) is 0 Å². The van der Waals surface area contributed by atoms with Crippen LogP contribution in [0.3, 0.4) is 0 Å². The molecule has 1 aliphatic heterocycles. The number of anilines is 1. The highest BCUT2D eigenvalue weighted by atomic mass is 79.9. The van der Waals surface area contributed by atoms with Gasteiger partial charge in [-0.15, -0.1) is 0 Å². The minimum atomic E-state index is -1.76. The first-order valence-electron chi connectivity index (χ1n) is 6.99. The normalized spacial score (nSPS) is 21.6. The summed E-state index contributed by atoms with van der Waals surface area (Å²) in [7, 11) is 0. The molecule has 0 radical (unpaired) electrons. The van der Waals surface area contributed by atoms with Gasteiger partial charge in [-0.25, -0.2) is 0 Å². The maximum atomic E-state index is 12.6. The van der Waals surface area contributed by atoms with E-state index in [2.05, 4.69) is 15.9 Å². The van der Waals surface area contributed by atoms with Crippen LogP contribution in [-0.4, -0.2) is 23.3 Å². The van der Waals surface area contributed by atoms with Crippen LogP contribution in [0.15, 0.2) is 22.7 Å². The van der Waals surface area contributed by atoms with Crippen molar-refractivity contribution in [2.45, 2.75) is 39.7 Å². The van der Waals surface area contributed by atoms with Crippen LogP contribution in [0.2, 0.25) is 0 Å². The van der Waals surface area contributed by atoms with Crippen molar-refractivity contribution in [2.24, 2.45) is 5.41 Å². The van der Waals surface area contributed by atoms with Crippen LogP contribution in [0.1, 0.15) is 39.7 Å². The Kier molecular flexibility index (Phi) is 4.02. The average molecular weight is 354 g/mol. The fourth-order valence-electron chi connectivity index (χ4n) is 2.51. The summed E-state index contributed by atoms with van der Waals surface area (Å²) in [4.78, 5) is 26.4. The number of Topliss-reactive ketones (excluding diaryl/α,β-unsaturated/α-hetero) is 1. The van der Waals surface area contributed by atoms with Crippen molar-refractivity contribution in [3.05, 3.63) is 28.2 Å². The van der Waals surface area contributed by atoms with Crippen LogP contribution >= 0.6 is 15.9 Å². The van der Waals surface area contributed by atoms with Gasteiger partial charge in [0, 0.05) is 28.4 Å². The van der Waals surface area contributed by atoms with E-state index in [9.17, 15) is 14.7 Å². The number of amides is 1. The molecule has 1 heterocycles. The van der Waals surface area contributed by atoms with E-state index in [0.29, 0.717) is 17.8 Å². The minimum Gasteiger partial charge on any atom is -0.375 e. The Morgan fingerprint density at radius 3 is 2.52 bits per heavy atom. The van der Waals surface area contributed by atoms with Gasteiger partial charge in [0.25, 0.3) is 5.91 Å². The zero-order chi connectivity index (χ0) is 16.0. The number of carbonyl (C=O) groups is 2. The van der Waals surface area contributed by atoms with Gasteiger partial charge in [-0.3, -0.25) is 9.59 Å². The van der Waals surface area contributed by atoms with Gasteiger partial charge in [-0.2, -0.15) is 0 Å². The molecule has 114 valence electrons. The van der Waals surface area contributed by atoms with Gasteiger partial charge >= 0.3 is 0 Å². The van der Waals surface area contributed by atoms with Crippen molar-refractivity contribution in [2.75, 3.05) is 11.4 Å². The zero-order valence-corrected chi connectivity index (χ0v) is 14.3. The van der Waals surface area contributed by atoms with E-state index < -0.39 is 16.9 Å². The Morgan fingerprint density at radius 1 is 1.38 bits per heavy atom. The van der Waals surface area contributed by atoms with Gasteiger partial charge in [0.2, 0.25) is 0 Å². The molecule has 1 aromatic carbocycles. The Morgan fingerprint density at radius 2 is 2.00 bits per heavy atom. The predicted octanol–water partition coefficient (Wildman–Crippen LogP) is 3.01. The van der Waals surface area contributed by atoms with Gasteiger partial charge in [0.15, 0.2) is 5.60 Å². The number of hydrogen-bond acceptors (Lipinski definition) is 3. The number of nitrogens with zero attached hydrogens (tertiary/aromatic N) is 1. The molecule has 1 aliphatic rings. The van der Waals surface area contributed by atoms with Crippen molar-refractivity contribution < 1.29 is 14.7 Å². The number of halogens is 1. The average Bonchev–Trinajstić information content (AvgIpc) is 2.58. The first kappa shape index (κ1) is 16.2. The number of aliphatic hydroxyl groups is 1. The standard InChI is InChI=1S/C16H20BrNO3/c1-5-18-12-7-6-10(17)8-11(12)16(21,14(18)20)9-13(19)15(2,3)4/h6-8,21H,5,9H2,1-4H3/t16-/m0/s1. The van der Waals surface area contributed by atoms with Crippen LogP contribution in [0.4, 0.5) is 5.69 Å². The van der Waals surface area contributed by atoms with Gasteiger partial charge in [-0.1, -0.05) is 36.7 Å². The van der Waals surface area contributed by atoms with Gasteiger partial charge in [0.05, 0.1) is 5.69 Å². The van der Waals surface area contributed by atoms with Crippen LogP contribution in [-0.2, 0) is 15.2 Å². The van der Waals surface area contributed by atoms with Crippen LogP contribution in [0, 0.1) is 5.41 Å². The molecular formula is C16H20BrNO3. The van der Waals surface area contributed by atoms with E-state index in [1.54, 1.807) is 32.9 Å². The van der Waals surface area contributed by atoms with E-state index in [-0.39, 0.29) is 12.2 Å². The lowest BCUT2D eigenvalue weighted by atomic mass is 9.81. The summed E-state index contributed by atoms with van der Waals surface area (Å²) in [5.74, 6) is -0.557. The van der Waals surface area contributed by atoms with Crippen molar-refractivity contribution in [1.29, 1.82) is 0 Å². The van der Waals surface area contributed by atoms with E-state index >= 15 is 0 Å². The lowest BCUT2D eigenvalue weighted by Gasteiger charge is -2.26. The Labute approximate surface area is 133 Å². The molecule has 0 saturated carbocycles. The second-order valence-corrected chi connectivity index (χ2v) is 7.34. The Bertz CT molecular complexity index is 606. The van der Waals surface area contributed by atoms with E-state index in [1.807, 2.05) is 13.0 Å². The maximum Gasteiger partial charge on any atom is 0.264 e. The molecular weight excluding hydrogens is 334 g/mol. The summed E-state index contributed by atoms with van der Waals surface area (Å²) in [5, 5.41) is 10.9. The first-order chi connectivity index (χ1) is 9.61. The molecule has 1 amide bonds. The van der Waals surface area contributed by atoms with Crippen LogP contribution in [0.25, 0.3) is 0 Å². The lowest BCUT2D eigenvalue weighted by Crippen LogP contribution is -2.43. The maximum absolute atomic E-state index is 12.6. The Balaban J connectivity index is 2.51. The van der Waals surface area contributed by atoms with Gasteiger partial charge < -0.3 is 10.0 Å². The largest absolute Gasteiger partial charge is 0.375 e. The van der Waals surface area contributed by atoms with Gasteiger partial charge in [-0.05, 0) is 25.1 Å². The first-order valence-corrected chi connectivity index (χ1v) is 7.78. The van der Waals surface area contributed by atoms with Crippen molar-refractivity contribution in [3.63, 3.8) is 0 Å². The molecule has 21 heavy (non-hydrogen) atoms. The third kappa shape index (κ3) is 2.64. The fraction of sp³-hybridized carbons (Fsp3) is 0.500. The molecule has 1 atom stereocenters. The molecule has 0 aliphatic carbocycles. The summed E-state index contributed by atoms with van der Waals surface area (Å²) in [5.41, 5.74) is -1.18. The van der Waals surface area contributed by atoms with Crippen molar-refractivity contribution >= 4 is 33.3 Å². The molecule has 0 spiro atoms. The molecule has 1 aromatic rings. The zero-order valence-electron chi connectivity index (χ0n) is 12.7. The Hall–Kier alpha value is -1.20. The van der Waals surface area contributed by atoms with Gasteiger partial charge in [0.1, 0.15) is 5.78 Å². The second-order valence-electron chi connectivity index (χ2n) is 6.42. The highest BCUT2D eigenvalue weighted by molar-refractivity contribution is 9.10. The third-order valence-corrected chi connectivity index (χ3v) is 4.36. The smallest absolute Gasteiger partial charge is 0.264 e. The van der Waals surface area contributed by atoms with E-state index in [1.165, 1.54) is 4.90 Å². The number of benzene rings is 1. The number of carbonyl (C=O) groups excluding carboxylic acids is 2. The number of likely N-dealkylation sites (N-methyl/N-ethyl adjacent to an activating group) is 1. The quantitative estimate of drug-likeness (QED) is 0.908. The molecule has 0 fully saturated rings. The minimum absolute atomic E-state index is 0.137. The molecule has 2 rings (SSSR count). The fourth-order valence-corrected chi connectivity index (χ4v) is 2.87. The number of rotatable bonds is 3. The number of ketones is 1. The summed E-state index contributed by atoms with van der Waals surface area (Å²) in [6, 6.07) is 5.34. The predicted molar refractivity (Wildman–Crippen MR) is 85.1 cm³/mol. The highest BCUT2D eigenvalue weighted by Crippen LogP contribution is 2.44. The molecule has 1 N–H and O–H groups in total. The summed E-state index contributed by atoms with van der Waals surface area (Å²) < 4.78 is 0.772. The molecule has 4 nitrogen and oxygen atoms in total. The van der Waals surface area contributed by atoms with Crippen molar-refractivity contribution in [3.8, 4) is 0 Å². The molecule has 0 saturated heterocycles. The highest BCUT2D eigenvalue weighted by Gasteiger charge is 2.51. The van der Waals surface area contributed by atoms with Crippen LogP contribution < -0.4 is 4.90 Å². The molecule has 0 aromatic heterocycles.